The van der Waals surface area contributed by atoms with Gasteiger partial charge in [-0.2, -0.15) is 0 Å². The molecule has 1 aliphatic rings. The first kappa shape index (κ1) is 15.9. The molecule has 94 valence electrons. The molecule has 0 unspecified atom stereocenters. The Kier molecular flexibility index (Phi) is 9.99. The molecular formula is C12H23ClN2S. The fourth-order valence-corrected chi connectivity index (χ4v) is 2.08. The minimum absolute atomic E-state index is 0. The van der Waals surface area contributed by atoms with Gasteiger partial charge in [0.2, 0.25) is 0 Å². The van der Waals surface area contributed by atoms with E-state index in [1.165, 1.54) is 32.4 Å². The number of rotatable bonds is 6. The van der Waals surface area contributed by atoms with Crippen molar-refractivity contribution in [3.8, 4) is 0 Å². The Morgan fingerprint density at radius 3 is 2.62 bits per heavy atom. The number of likely N-dealkylation sites (tertiary alicyclic amines) is 1. The van der Waals surface area contributed by atoms with Gasteiger partial charge in [0.25, 0.3) is 0 Å². The first-order valence-electron chi connectivity index (χ1n) is 5.93. The molecule has 0 saturated carbocycles. The molecule has 0 bridgehead atoms. The maximum Gasteiger partial charge on any atom is 0.0756 e. The van der Waals surface area contributed by atoms with E-state index in [1.54, 1.807) is 0 Å². The molecule has 0 radical (unpaired) electrons. The van der Waals surface area contributed by atoms with Crippen molar-refractivity contribution >= 4 is 29.6 Å². The maximum atomic E-state index is 5.21. The Labute approximate surface area is 111 Å². The minimum atomic E-state index is 0. The molecule has 16 heavy (non-hydrogen) atoms. The molecule has 0 amide bonds. The Morgan fingerprint density at radius 2 is 2.00 bits per heavy atom. The van der Waals surface area contributed by atoms with E-state index >= 15 is 0 Å². The number of hydrogen-bond acceptors (Lipinski definition) is 2. The Balaban J connectivity index is 0.00000225. The second-order valence-corrected chi connectivity index (χ2v) is 4.57. The van der Waals surface area contributed by atoms with Gasteiger partial charge in [0.15, 0.2) is 0 Å². The van der Waals surface area contributed by atoms with Gasteiger partial charge in [-0.3, -0.25) is 0 Å². The van der Waals surface area contributed by atoms with Gasteiger partial charge >= 0.3 is 0 Å². The van der Waals surface area contributed by atoms with Gasteiger partial charge in [0.1, 0.15) is 0 Å². The monoisotopic (exact) mass is 262 g/mol. The van der Waals surface area contributed by atoms with Crippen LogP contribution in [0.25, 0.3) is 0 Å². The SMILES string of the molecule is C=CCCC(=S)NCCN1CCCCC1.Cl. The van der Waals surface area contributed by atoms with Crippen LogP contribution in [0.15, 0.2) is 12.7 Å². The number of allylic oxidation sites excluding steroid dienone is 1. The second-order valence-electron chi connectivity index (χ2n) is 4.08. The molecule has 1 fully saturated rings. The van der Waals surface area contributed by atoms with Gasteiger partial charge in [-0.05, 0) is 32.4 Å². The van der Waals surface area contributed by atoms with Crippen LogP contribution in [-0.4, -0.2) is 36.1 Å². The van der Waals surface area contributed by atoms with E-state index in [-0.39, 0.29) is 12.4 Å². The molecule has 1 heterocycles. The van der Waals surface area contributed by atoms with Crippen molar-refractivity contribution in [2.24, 2.45) is 0 Å². The summed E-state index contributed by atoms with van der Waals surface area (Å²) in [6.45, 7) is 8.35. The van der Waals surface area contributed by atoms with Crippen LogP contribution in [0.1, 0.15) is 32.1 Å². The van der Waals surface area contributed by atoms with Crippen molar-refractivity contribution in [2.45, 2.75) is 32.1 Å². The highest BCUT2D eigenvalue weighted by Gasteiger charge is 2.08. The van der Waals surface area contributed by atoms with Crippen molar-refractivity contribution in [3.05, 3.63) is 12.7 Å². The average molecular weight is 263 g/mol. The van der Waals surface area contributed by atoms with E-state index in [4.69, 9.17) is 12.2 Å². The summed E-state index contributed by atoms with van der Waals surface area (Å²) in [7, 11) is 0. The molecule has 1 aliphatic heterocycles. The smallest absolute Gasteiger partial charge is 0.0756 e. The predicted molar refractivity (Wildman–Crippen MR) is 77.6 cm³/mol. The summed E-state index contributed by atoms with van der Waals surface area (Å²) in [5.74, 6) is 0. The minimum Gasteiger partial charge on any atom is -0.378 e. The summed E-state index contributed by atoms with van der Waals surface area (Å²) >= 11 is 5.21. The summed E-state index contributed by atoms with van der Waals surface area (Å²) in [6, 6.07) is 0. The van der Waals surface area contributed by atoms with Crippen LogP contribution >= 0.6 is 24.6 Å². The van der Waals surface area contributed by atoms with E-state index in [0.29, 0.717) is 0 Å². The molecule has 1 N–H and O–H groups in total. The molecule has 0 aromatic carbocycles. The van der Waals surface area contributed by atoms with Gasteiger partial charge in [-0.25, -0.2) is 0 Å². The third-order valence-electron chi connectivity index (χ3n) is 2.77. The molecule has 1 saturated heterocycles. The normalized spacial score (nSPS) is 16.2. The first-order valence-corrected chi connectivity index (χ1v) is 6.33. The third kappa shape index (κ3) is 7.20. The summed E-state index contributed by atoms with van der Waals surface area (Å²) in [4.78, 5) is 3.50. The van der Waals surface area contributed by atoms with E-state index in [9.17, 15) is 0 Å². The quantitative estimate of drug-likeness (QED) is 0.585. The first-order chi connectivity index (χ1) is 7.33. The van der Waals surface area contributed by atoms with Crippen molar-refractivity contribution in [3.63, 3.8) is 0 Å². The van der Waals surface area contributed by atoms with Crippen LogP contribution < -0.4 is 5.32 Å². The fraction of sp³-hybridized carbons (Fsp3) is 0.750. The third-order valence-corrected chi connectivity index (χ3v) is 3.12. The van der Waals surface area contributed by atoms with Gasteiger partial charge < -0.3 is 10.2 Å². The topological polar surface area (TPSA) is 15.3 Å². The van der Waals surface area contributed by atoms with Crippen LogP contribution in [0.5, 0.6) is 0 Å². The van der Waals surface area contributed by atoms with Crippen LogP contribution in [-0.2, 0) is 0 Å². The molecular weight excluding hydrogens is 240 g/mol. The lowest BCUT2D eigenvalue weighted by molar-refractivity contribution is 0.232. The summed E-state index contributed by atoms with van der Waals surface area (Å²) in [5, 5.41) is 3.31. The molecule has 4 heteroatoms. The Bertz CT molecular complexity index is 203. The van der Waals surface area contributed by atoms with Crippen LogP contribution in [0.2, 0.25) is 0 Å². The zero-order valence-corrected chi connectivity index (χ0v) is 11.5. The highest BCUT2D eigenvalue weighted by molar-refractivity contribution is 7.80. The average Bonchev–Trinajstić information content (AvgIpc) is 2.28. The van der Waals surface area contributed by atoms with Gasteiger partial charge in [0.05, 0.1) is 4.99 Å². The van der Waals surface area contributed by atoms with Crippen LogP contribution in [0.3, 0.4) is 0 Å². The molecule has 1 rings (SSSR count). The lowest BCUT2D eigenvalue weighted by atomic mass is 10.1. The number of halogens is 1. The second kappa shape index (κ2) is 10.1. The number of piperidine rings is 1. The fourth-order valence-electron chi connectivity index (χ4n) is 1.86. The number of thiocarbonyl (C=S) groups is 1. The number of nitrogens with zero attached hydrogens (tertiary/aromatic N) is 1. The summed E-state index contributed by atoms with van der Waals surface area (Å²) < 4.78 is 0. The molecule has 0 aromatic rings. The highest BCUT2D eigenvalue weighted by Crippen LogP contribution is 2.07. The van der Waals surface area contributed by atoms with E-state index in [2.05, 4.69) is 16.8 Å². The van der Waals surface area contributed by atoms with Crippen LogP contribution in [0.4, 0.5) is 0 Å². The largest absolute Gasteiger partial charge is 0.378 e. The summed E-state index contributed by atoms with van der Waals surface area (Å²) in [5.41, 5.74) is 0. The van der Waals surface area contributed by atoms with Gasteiger partial charge in [-0.1, -0.05) is 24.7 Å². The van der Waals surface area contributed by atoms with Gasteiger partial charge in [-0.15, -0.1) is 19.0 Å². The highest BCUT2D eigenvalue weighted by atomic mass is 35.5. The maximum absolute atomic E-state index is 5.21. The van der Waals surface area contributed by atoms with Crippen molar-refractivity contribution in [1.82, 2.24) is 10.2 Å². The molecule has 0 aromatic heterocycles. The number of nitrogens with one attached hydrogen (secondary N) is 1. The summed E-state index contributed by atoms with van der Waals surface area (Å²) in [6.07, 6.45) is 7.97. The predicted octanol–water partition coefficient (Wildman–Crippen LogP) is 2.78. The zero-order valence-electron chi connectivity index (χ0n) is 9.91. The van der Waals surface area contributed by atoms with Crippen molar-refractivity contribution < 1.29 is 0 Å². The standard InChI is InChI=1S/C12H22N2S.ClH/c1-2-3-7-12(15)13-8-11-14-9-5-4-6-10-14;/h2H,1,3-11H2,(H,13,15);1H. The Hall–Kier alpha value is -0.120. The lowest BCUT2D eigenvalue weighted by Gasteiger charge is -2.26. The molecule has 0 spiro atoms. The Morgan fingerprint density at radius 1 is 1.31 bits per heavy atom. The van der Waals surface area contributed by atoms with E-state index in [1.807, 2.05) is 6.08 Å². The van der Waals surface area contributed by atoms with E-state index < -0.39 is 0 Å². The molecule has 2 nitrogen and oxygen atoms in total. The molecule has 0 aliphatic carbocycles. The van der Waals surface area contributed by atoms with Crippen LogP contribution in [0, 0.1) is 0 Å². The van der Waals surface area contributed by atoms with Crippen molar-refractivity contribution in [1.29, 1.82) is 0 Å². The van der Waals surface area contributed by atoms with Crippen molar-refractivity contribution in [2.75, 3.05) is 26.2 Å². The molecule has 0 atom stereocenters. The number of hydrogen-bond donors (Lipinski definition) is 1. The van der Waals surface area contributed by atoms with Gasteiger partial charge in [0, 0.05) is 19.5 Å². The zero-order chi connectivity index (χ0) is 10.9. The van der Waals surface area contributed by atoms with E-state index in [0.717, 1.165) is 30.9 Å². The lowest BCUT2D eigenvalue weighted by Crippen LogP contribution is -2.37.